The number of nitrogens with zero attached hydrogens (tertiary/aromatic N) is 3. The summed E-state index contributed by atoms with van der Waals surface area (Å²) in [7, 11) is 0. The number of nitrogens with one attached hydrogen (secondary N) is 1. The van der Waals surface area contributed by atoms with Gasteiger partial charge in [-0.15, -0.1) is 0 Å². The number of rotatable bonds is 9. The molecule has 7 nitrogen and oxygen atoms in total. The van der Waals surface area contributed by atoms with Crippen LogP contribution in [0, 0.1) is 11.3 Å². The molecule has 0 atom stereocenters. The number of amides is 1. The molecule has 0 aliphatic carbocycles. The minimum absolute atomic E-state index is 0.300. The Bertz CT molecular complexity index is 1260. The number of benzene rings is 2. The summed E-state index contributed by atoms with van der Waals surface area (Å²) in [5.41, 5.74) is 3.87. The fraction of sp³-hybridized carbons (Fsp3) is 0.357. The fourth-order valence-corrected chi connectivity index (χ4v) is 4.56. The Morgan fingerprint density at radius 1 is 1.17 bits per heavy atom. The minimum atomic E-state index is -0.500. The van der Waals surface area contributed by atoms with E-state index in [4.69, 9.17) is 9.47 Å². The standard InChI is InChI=1S/C28H32N4O3/c1-3-32-26-19-23(35-17-9-16-31-14-6-5-7-15-31)12-13-24(26)25(20-29)27(32)21-10-8-11-22(18-21)30-28(33)34-4-2/h5-6,8,10-13,18-19H,3-4,7,9,14-17H2,1-2H3,(H,30,33). The maximum absolute atomic E-state index is 11.9. The molecule has 4 rings (SSSR count). The number of carbonyl (C=O) groups excluding carboxylic acids is 1. The van der Waals surface area contributed by atoms with Gasteiger partial charge in [-0.2, -0.15) is 5.26 Å². The summed E-state index contributed by atoms with van der Waals surface area (Å²) in [5, 5.41) is 13.7. The number of carbonyl (C=O) groups is 1. The third-order valence-electron chi connectivity index (χ3n) is 6.15. The van der Waals surface area contributed by atoms with Crippen molar-refractivity contribution in [2.45, 2.75) is 33.2 Å². The molecule has 0 unspecified atom stereocenters. The first-order valence-corrected chi connectivity index (χ1v) is 12.2. The van der Waals surface area contributed by atoms with Crippen molar-refractivity contribution in [1.29, 1.82) is 5.26 Å². The summed E-state index contributed by atoms with van der Waals surface area (Å²) in [6.45, 7) is 8.62. The second kappa shape index (κ2) is 11.6. The SMILES string of the molecule is CCOC(=O)Nc1cccc(-c2c(C#N)c3ccc(OCCCN4CC=CCC4)cc3n2CC)c1. The van der Waals surface area contributed by atoms with E-state index in [2.05, 4.69) is 39.9 Å². The van der Waals surface area contributed by atoms with Crippen molar-refractivity contribution in [2.75, 3.05) is 38.2 Å². The molecule has 3 aromatic rings. The Labute approximate surface area is 206 Å². The molecular weight excluding hydrogens is 440 g/mol. The zero-order chi connectivity index (χ0) is 24.6. The van der Waals surface area contributed by atoms with Crippen molar-refractivity contribution < 1.29 is 14.3 Å². The van der Waals surface area contributed by atoms with E-state index in [1.54, 1.807) is 13.0 Å². The Morgan fingerprint density at radius 3 is 2.80 bits per heavy atom. The molecule has 1 aliphatic heterocycles. The number of nitriles is 1. The average Bonchev–Trinajstić information content (AvgIpc) is 3.20. The largest absolute Gasteiger partial charge is 0.493 e. The first-order chi connectivity index (χ1) is 17.1. The highest BCUT2D eigenvalue weighted by atomic mass is 16.5. The molecule has 0 radical (unpaired) electrons. The van der Waals surface area contributed by atoms with Gasteiger partial charge in [-0.3, -0.25) is 10.2 Å². The number of fused-ring (bicyclic) bond motifs is 1. The zero-order valence-electron chi connectivity index (χ0n) is 20.4. The van der Waals surface area contributed by atoms with Crippen molar-refractivity contribution in [3.63, 3.8) is 0 Å². The quantitative estimate of drug-likeness (QED) is 0.315. The molecular formula is C28H32N4O3. The lowest BCUT2D eigenvalue weighted by Gasteiger charge is -2.22. The Hall–Kier alpha value is -3.76. The normalized spacial score (nSPS) is 13.5. The van der Waals surface area contributed by atoms with Crippen LogP contribution < -0.4 is 10.1 Å². The number of aromatic nitrogens is 1. The van der Waals surface area contributed by atoms with Crippen LogP contribution in [0.2, 0.25) is 0 Å². The molecule has 0 bridgehead atoms. The first kappa shape index (κ1) is 24.4. The molecule has 1 N–H and O–H groups in total. The first-order valence-electron chi connectivity index (χ1n) is 12.2. The lowest BCUT2D eigenvalue weighted by Crippen LogP contribution is -2.29. The van der Waals surface area contributed by atoms with E-state index in [0.29, 0.717) is 31.0 Å². The molecule has 0 saturated heterocycles. The smallest absolute Gasteiger partial charge is 0.411 e. The minimum Gasteiger partial charge on any atom is -0.493 e. The van der Waals surface area contributed by atoms with Gasteiger partial charge in [-0.05, 0) is 51.0 Å². The van der Waals surface area contributed by atoms with Gasteiger partial charge in [0.25, 0.3) is 0 Å². The molecule has 1 aliphatic rings. The van der Waals surface area contributed by atoms with Gasteiger partial charge < -0.3 is 14.0 Å². The van der Waals surface area contributed by atoms with E-state index < -0.39 is 6.09 Å². The van der Waals surface area contributed by atoms with Crippen LogP contribution in [0.5, 0.6) is 5.75 Å². The summed E-state index contributed by atoms with van der Waals surface area (Å²) in [5.74, 6) is 0.803. The Kier molecular flexibility index (Phi) is 8.07. The average molecular weight is 473 g/mol. The third kappa shape index (κ3) is 5.67. The summed E-state index contributed by atoms with van der Waals surface area (Å²) < 4.78 is 13.2. The monoisotopic (exact) mass is 472 g/mol. The van der Waals surface area contributed by atoms with Gasteiger partial charge in [-0.25, -0.2) is 4.79 Å². The van der Waals surface area contributed by atoms with Gasteiger partial charge in [0.05, 0.1) is 30.0 Å². The molecule has 7 heteroatoms. The van der Waals surface area contributed by atoms with Crippen molar-refractivity contribution in [3.8, 4) is 23.1 Å². The lowest BCUT2D eigenvalue weighted by atomic mass is 10.1. The lowest BCUT2D eigenvalue weighted by molar-refractivity contribution is 0.168. The molecule has 1 aromatic heterocycles. The highest BCUT2D eigenvalue weighted by Crippen LogP contribution is 2.36. The second-order valence-corrected chi connectivity index (χ2v) is 8.45. The molecule has 0 fully saturated rings. The van der Waals surface area contributed by atoms with E-state index >= 15 is 0 Å². The molecule has 0 spiro atoms. The highest BCUT2D eigenvalue weighted by Gasteiger charge is 2.19. The maximum Gasteiger partial charge on any atom is 0.411 e. The molecule has 2 aromatic carbocycles. The van der Waals surface area contributed by atoms with Crippen LogP contribution in [-0.4, -0.2) is 48.4 Å². The Morgan fingerprint density at radius 2 is 2.06 bits per heavy atom. The van der Waals surface area contributed by atoms with Crippen LogP contribution in [0.25, 0.3) is 22.2 Å². The van der Waals surface area contributed by atoms with Crippen molar-refractivity contribution in [2.24, 2.45) is 0 Å². The van der Waals surface area contributed by atoms with E-state index in [-0.39, 0.29) is 0 Å². The predicted octanol–water partition coefficient (Wildman–Crippen LogP) is 5.80. The van der Waals surface area contributed by atoms with Crippen LogP contribution in [0.4, 0.5) is 10.5 Å². The van der Waals surface area contributed by atoms with Crippen LogP contribution in [0.15, 0.2) is 54.6 Å². The van der Waals surface area contributed by atoms with Crippen LogP contribution >= 0.6 is 0 Å². The van der Waals surface area contributed by atoms with E-state index in [1.165, 1.54) is 0 Å². The van der Waals surface area contributed by atoms with Crippen molar-refractivity contribution in [3.05, 3.63) is 60.2 Å². The van der Waals surface area contributed by atoms with Gasteiger partial charge in [-0.1, -0.05) is 24.3 Å². The molecule has 1 amide bonds. The van der Waals surface area contributed by atoms with E-state index in [1.807, 2.05) is 36.4 Å². The van der Waals surface area contributed by atoms with Crippen molar-refractivity contribution >= 4 is 22.7 Å². The molecule has 0 saturated carbocycles. The number of aryl methyl sites for hydroxylation is 1. The number of hydrogen-bond donors (Lipinski definition) is 1. The summed E-state index contributed by atoms with van der Waals surface area (Å²) in [4.78, 5) is 14.3. The second-order valence-electron chi connectivity index (χ2n) is 8.45. The number of hydrogen-bond acceptors (Lipinski definition) is 5. The summed E-state index contributed by atoms with van der Waals surface area (Å²) in [6, 6.07) is 15.8. The van der Waals surface area contributed by atoms with Gasteiger partial charge in [0, 0.05) is 48.9 Å². The predicted molar refractivity (Wildman–Crippen MR) is 139 cm³/mol. The third-order valence-corrected chi connectivity index (χ3v) is 6.15. The molecule has 35 heavy (non-hydrogen) atoms. The van der Waals surface area contributed by atoms with Gasteiger partial charge in [0.15, 0.2) is 0 Å². The molecule has 182 valence electrons. The van der Waals surface area contributed by atoms with Crippen LogP contribution in [-0.2, 0) is 11.3 Å². The number of anilines is 1. The summed E-state index contributed by atoms with van der Waals surface area (Å²) >= 11 is 0. The maximum atomic E-state index is 11.9. The van der Waals surface area contributed by atoms with Gasteiger partial charge >= 0.3 is 6.09 Å². The van der Waals surface area contributed by atoms with E-state index in [0.717, 1.165) is 60.4 Å². The zero-order valence-corrected chi connectivity index (χ0v) is 20.4. The number of ether oxygens (including phenoxy) is 2. The Balaban J connectivity index is 1.57. The van der Waals surface area contributed by atoms with Crippen LogP contribution in [0.1, 0.15) is 32.3 Å². The molecule has 2 heterocycles. The topological polar surface area (TPSA) is 79.5 Å². The van der Waals surface area contributed by atoms with Crippen molar-refractivity contribution in [1.82, 2.24) is 9.47 Å². The van der Waals surface area contributed by atoms with Gasteiger partial charge in [0.2, 0.25) is 0 Å². The highest BCUT2D eigenvalue weighted by molar-refractivity contribution is 5.96. The summed E-state index contributed by atoms with van der Waals surface area (Å²) in [6.07, 6.45) is 6.05. The van der Waals surface area contributed by atoms with Gasteiger partial charge in [0.1, 0.15) is 11.8 Å². The van der Waals surface area contributed by atoms with Crippen LogP contribution in [0.3, 0.4) is 0 Å². The van der Waals surface area contributed by atoms with E-state index in [9.17, 15) is 10.1 Å². The fourth-order valence-electron chi connectivity index (χ4n) is 4.56.